The number of nitrogens with one attached hydrogen (secondary N) is 1. The van der Waals surface area contributed by atoms with Gasteiger partial charge in [-0.1, -0.05) is 15.9 Å². The predicted molar refractivity (Wildman–Crippen MR) is 78.6 cm³/mol. The highest BCUT2D eigenvalue weighted by Gasteiger charge is 2.14. The third-order valence-electron chi connectivity index (χ3n) is 2.95. The lowest BCUT2D eigenvalue weighted by Crippen LogP contribution is -2.25. The van der Waals surface area contributed by atoms with Crippen LogP contribution in [0.4, 0.5) is 0 Å². The van der Waals surface area contributed by atoms with E-state index >= 15 is 0 Å². The summed E-state index contributed by atoms with van der Waals surface area (Å²) in [6, 6.07) is 6.05. The van der Waals surface area contributed by atoms with Crippen LogP contribution in [0.5, 0.6) is 5.75 Å². The molecule has 1 atom stereocenters. The van der Waals surface area contributed by atoms with E-state index < -0.39 is 0 Å². The molecule has 0 amide bonds. The summed E-state index contributed by atoms with van der Waals surface area (Å²) in [7, 11) is 1.70. The number of rotatable bonds is 5. The Morgan fingerprint density at radius 3 is 3.00 bits per heavy atom. The van der Waals surface area contributed by atoms with Gasteiger partial charge < -0.3 is 14.8 Å². The van der Waals surface area contributed by atoms with Gasteiger partial charge in [0.25, 0.3) is 0 Å². The number of halogens is 2. The first-order valence-electron chi connectivity index (χ1n) is 5.94. The first kappa shape index (κ1) is 15.8. The van der Waals surface area contributed by atoms with Crippen molar-refractivity contribution in [2.24, 2.45) is 0 Å². The Bertz CT molecular complexity index is 370. The van der Waals surface area contributed by atoms with Crippen LogP contribution in [0.1, 0.15) is 18.4 Å². The van der Waals surface area contributed by atoms with Crippen molar-refractivity contribution >= 4 is 28.3 Å². The topological polar surface area (TPSA) is 30.5 Å². The van der Waals surface area contributed by atoms with Gasteiger partial charge in [-0.2, -0.15) is 0 Å². The highest BCUT2D eigenvalue weighted by atomic mass is 79.9. The van der Waals surface area contributed by atoms with Gasteiger partial charge in [-0.15, -0.1) is 12.4 Å². The molecular weight excluding hydrogens is 318 g/mol. The smallest absolute Gasteiger partial charge is 0.123 e. The van der Waals surface area contributed by atoms with E-state index in [4.69, 9.17) is 9.47 Å². The lowest BCUT2D eigenvalue weighted by atomic mass is 10.2. The standard InChI is InChI=1S/C13H18BrNO2.ClH/c1-16-13-5-4-11(14)7-10(13)8-15-9-12-3-2-6-17-12;/h4-5,7,12,15H,2-3,6,8-9H2,1H3;1H. The fourth-order valence-corrected chi connectivity index (χ4v) is 2.47. The second kappa shape index (κ2) is 8.00. The third-order valence-corrected chi connectivity index (χ3v) is 3.45. The molecule has 1 unspecified atom stereocenters. The number of benzene rings is 1. The van der Waals surface area contributed by atoms with Crippen LogP contribution in [0, 0.1) is 0 Å². The summed E-state index contributed by atoms with van der Waals surface area (Å²) in [6.07, 6.45) is 2.74. The summed E-state index contributed by atoms with van der Waals surface area (Å²) in [5.41, 5.74) is 1.17. The molecule has 1 aliphatic heterocycles. The lowest BCUT2D eigenvalue weighted by Gasteiger charge is -2.13. The summed E-state index contributed by atoms with van der Waals surface area (Å²) in [5, 5.41) is 3.42. The largest absolute Gasteiger partial charge is 0.496 e. The highest BCUT2D eigenvalue weighted by molar-refractivity contribution is 9.10. The molecule has 1 aromatic rings. The van der Waals surface area contributed by atoms with E-state index in [2.05, 4.69) is 27.3 Å². The van der Waals surface area contributed by atoms with Gasteiger partial charge in [0.05, 0.1) is 13.2 Å². The quantitative estimate of drug-likeness (QED) is 0.896. The zero-order valence-electron chi connectivity index (χ0n) is 10.4. The molecule has 102 valence electrons. The van der Waals surface area contributed by atoms with Gasteiger partial charge in [0.1, 0.15) is 5.75 Å². The molecule has 18 heavy (non-hydrogen) atoms. The van der Waals surface area contributed by atoms with Crippen molar-refractivity contribution < 1.29 is 9.47 Å². The SMILES string of the molecule is COc1ccc(Br)cc1CNCC1CCCO1.Cl. The van der Waals surface area contributed by atoms with Gasteiger partial charge in [-0.05, 0) is 31.0 Å². The fraction of sp³-hybridized carbons (Fsp3) is 0.538. The summed E-state index contributed by atoms with van der Waals surface area (Å²) < 4.78 is 12.0. The minimum Gasteiger partial charge on any atom is -0.496 e. The van der Waals surface area contributed by atoms with Crippen LogP contribution in [-0.2, 0) is 11.3 Å². The van der Waals surface area contributed by atoms with E-state index in [1.165, 1.54) is 18.4 Å². The van der Waals surface area contributed by atoms with E-state index in [0.717, 1.165) is 29.9 Å². The predicted octanol–water partition coefficient (Wildman–Crippen LogP) is 3.15. The van der Waals surface area contributed by atoms with E-state index in [1.54, 1.807) is 7.11 Å². The normalized spacial score (nSPS) is 18.4. The van der Waals surface area contributed by atoms with Crippen molar-refractivity contribution in [1.82, 2.24) is 5.32 Å². The Morgan fingerprint density at radius 1 is 1.50 bits per heavy atom. The molecule has 3 nitrogen and oxygen atoms in total. The fourth-order valence-electron chi connectivity index (χ4n) is 2.06. The summed E-state index contributed by atoms with van der Waals surface area (Å²) >= 11 is 3.48. The second-order valence-electron chi connectivity index (χ2n) is 4.22. The molecule has 1 heterocycles. The Balaban J connectivity index is 0.00000162. The van der Waals surface area contributed by atoms with Crippen molar-refractivity contribution in [1.29, 1.82) is 0 Å². The van der Waals surface area contributed by atoms with Crippen LogP contribution < -0.4 is 10.1 Å². The second-order valence-corrected chi connectivity index (χ2v) is 5.14. The molecule has 1 fully saturated rings. The number of methoxy groups -OCH3 is 1. The van der Waals surface area contributed by atoms with E-state index in [1.807, 2.05) is 12.1 Å². The van der Waals surface area contributed by atoms with Gasteiger partial charge in [0.2, 0.25) is 0 Å². The average Bonchev–Trinajstić information content (AvgIpc) is 2.82. The molecule has 1 aliphatic rings. The van der Waals surface area contributed by atoms with Gasteiger partial charge >= 0.3 is 0 Å². The van der Waals surface area contributed by atoms with Crippen molar-refractivity contribution in [2.45, 2.75) is 25.5 Å². The van der Waals surface area contributed by atoms with Crippen molar-refractivity contribution in [3.8, 4) is 5.75 Å². The van der Waals surface area contributed by atoms with Crippen LogP contribution in [0.25, 0.3) is 0 Å². The van der Waals surface area contributed by atoms with Gasteiger partial charge in [-0.3, -0.25) is 0 Å². The summed E-state index contributed by atoms with van der Waals surface area (Å²) in [5.74, 6) is 0.924. The molecule has 0 saturated carbocycles. The molecule has 0 aromatic heterocycles. The Hall–Kier alpha value is -0.290. The van der Waals surface area contributed by atoms with Gasteiger partial charge in [0.15, 0.2) is 0 Å². The average molecular weight is 337 g/mol. The molecule has 5 heteroatoms. The monoisotopic (exact) mass is 335 g/mol. The molecule has 1 saturated heterocycles. The zero-order chi connectivity index (χ0) is 12.1. The lowest BCUT2D eigenvalue weighted by molar-refractivity contribution is 0.110. The molecule has 0 aliphatic carbocycles. The molecule has 1 N–H and O–H groups in total. The van der Waals surface area contributed by atoms with E-state index in [0.29, 0.717) is 6.10 Å². The van der Waals surface area contributed by atoms with Crippen molar-refractivity contribution in [3.05, 3.63) is 28.2 Å². The molecular formula is C13H19BrClNO2. The van der Waals surface area contributed by atoms with Crippen molar-refractivity contribution in [3.63, 3.8) is 0 Å². The number of ether oxygens (including phenoxy) is 2. The summed E-state index contributed by atoms with van der Waals surface area (Å²) in [4.78, 5) is 0. The Morgan fingerprint density at radius 2 is 2.33 bits per heavy atom. The maximum absolute atomic E-state index is 5.57. The van der Waals surface area contributed by atoms with Crippen LogP contribution in [0.15, 0.2) is 22.7 Å². The number of hydrogen-bond donors (Lipinski definition) is 1. The third kappa shape index (κ3) is 4.43. The van der Waals surface area contributed by atoms with Crippen LogP contribution in [-0.4, -0.2) is 26.4 Å². The molecule has 2 rings (SSSR count). The van der Waals surface area contributed by atoms with Crippen LogP contribution in [0.3, 0.4) is 0 Å². The van der Waals surface area contributed by atoms with E-state index in [9.17, 15) is 0 Å². The molecule has 0 radical (unpaired) electrons. The minimum atomic E-state index is 0. The minimum absolute atomic E-state index is 0. The zero-order valence-corrected chi connectivity index (χ0v) is 12.9. The highest BCUT2D eigenvalue weighted by Crippen LogP contribution is 2.22. The summed E-state index contributed by atoms with van der Waals surface area (Å²) in [6.45, 7) is 2.63. The van der Waals surface area contributed by atoms with Crippen LogP contribution >= 0.6 is 28.3 Å². The molecule has 0 spiro atoms. The maximum Gasteiger partial charge on any atom is 0.123 e. The molecule has 0 bridgehead atoms. The first-order chi connectivity index (χ1) is 8.29. The maximum atomic E-state index is 5.57. The van der Waals surface area contributed by atoms with Crippen LogP contribution in [0.2, 0.25) is 0 Å². The molecule has 1 aromatic carbocycles. The van der Waals surface area contributed by atoms with E-state index in [-0.39, 0.29) is 12.4 Å². The Labute approximate surface area is 123 Å². The number of hydrogen-bond acceptors (Lipinski definition) is 3. The van der Waals surface area contributed by atoms with Crippen molar-refractivity contribution in [2.75, 3.05) is 20.3 Å². The Kier molecular flexibility index (Phi) is 7.00. The van der Waals surface area contributed by atoms with Gasteiger partial charge in [0, 0.05) is 29.7 Å². The first-order valence-corrected chi connectivity index (χ1v) is 6.73. The van der Waals surface area contributed by atoms with Gasteiger partial charge in [-0.25, -0.2) is 0 Å².